The third kappa shape index (κ3) is 5.98. The lowest BCUT2D eigenvalue weighted by Crippen LogP contribution is -2.16. The molecule has 4 aromatic rings. The van der Waals surface area contributed by atoms with E-state index in [0.717, 1.165) is 76.6 Å². The van der Waals surface area contributed by atoms with Gasteiger partial charge in [0.1, 0.15) is 5.75 Å². The van der Waals surface area contributed by atoms with Crippen LogP contribution in [0.5, 0.6) is 5.75 Å². The molecule has 0 saturated heterocycles. The first-order valence-electron chi connectivity index (χ1n) is 13.8. The zero-order valence-electron chi connectivity index (χ0n) is 23.1. The Morgan fingerprint density at radius 2 is 1.90 bits per heavy atom. The average Bonchev–Trinajstić information content (AvgIpc) is 3.27. The highest BCUT2D eigenvalue weighted by atomic mass is 19.1. The van der Waals surface area contributed by atoms with Crippen LogP contribution in [-0.2, 0) is 4.79 Å². The van der Waals surface area contributed by atoms with E-state index in [4.69, 9.17) is 9.84 Å². The van der Waals surface area contributed by atoms with Gasteiger partial charge in [-0.15, -0.1) is 0 Å². The number of benzene rings is 2. The van der Waals surface area contributed by atoms with E-state index < -0.39 is 11.9 Å². The Kier molecular flexibility index (Phi) is 8.10. The number of allylic oxidation sites excluding steroid dienone is 1. The molecule has 0 atom stereocenters. The van der Waals surface area contributed by atoms with E-state index in [9.17, 15) is 9.18 Å². The topological polar surface area (TPSA) is 88.1 Å². The van der Waals surface area contributed by atoms with Crippen molar-refractivity contribution >= 4 is 34.1 Å². The van der Waals surface area contributed by atoms with Gasteiger partial charge in [-0.3, -0.25) is 10.1 Å². The second kappa shape index (κ2) is 11.9. The van der Waals surface area contributed by atoms with Gasteiger partial charge >= 0.3 is 5.97 Å². The number of aliphatic carboxylic acids is 1. The number of aromatic amines is 1. The molecule has 1 fully saturated rings. The molecule has 2 aromatic carbocycles. The van der Waals surface area contributed by atoms with Gasteiger partial charge in [-0.05, 0) is 84.1 Å². The lowest BCUT2D eigenvalue weighted by molar-refractivity contribution is -0.131. The number of hydrogen-bond acceptors (Lipinski definition) is 4. The summed E-state index contributed by atoms with van der Waals surface area (Å²) in [5.41, 5.74) is 7.13. The van der Waals surface area contributed by atoms with Crippen LogP contribution in [0.3, 0.4) is 0 Å². The van der Waals surface area contributed by atoms with Crippen LogP contribution in [-0.4, -0.2) is 32.9 Å². The number of carboxylic acid groups (broad SMARTS) is 1. The molecule has 1 saturated carbocycles. The predicted molar refractivity (Wildman–Crippen MR) is 156 cm³/mol. The number of H-pyrrole nitrogens is 1. The van der Waals surface area contributed by atoms with Crippen molar-refractivity contribution in [1.29, 1.82) is 0 Å². The Labute approximate surface area is 233 Å². The maximum Gasteiger partial charge on any atom is 0.328 e. The molecule has 6 nitrogen and oxygen atoms in total. The second-order valence-corrected chi connectivity index (χ2v) is 10.8. The molecule has 2 heterocycles. The molecule has 40 heavy (non-hydrogen) atoms. The number of ether oxygens (including phenoxy) is 1. The lowest BCUT2D eigenvalue weighted by atomic mass is 9.73. The summed E-state index contributed by atoms with van der Waals surface area (Å²) >= 11 is 0. The number of carbonyl (C=O) groups is 1. The number of fused-ring (bicyclic) bond motifs is 1. The SMILES string of the molecule is Cc1cc(OCCC(C)C)c(/C(=C(\c2ccc(/C=C/C(=O)O)cc2)c2ccc3n[nH]c(F)c3c2)C2CCC2)cn1. The third-order valence-corrected chi connectivity index (χ3v) is 7.44. The molecule has 0 spiro atoms. The van der Waals surface area contributed by atoms with Crippen molar-refractivity contribution in [3.8, 4) is 5.75 Å². The number of hydrogen-bond donors (Lipinski definition) is 2. The first kappa shape index (κ1) is 27.3. The number of aryl methyl sites for hydroxylation is 1. The molecule has 2 aromatic heterocycles. The quantitative estimate of drug-likeness (QED) is 0.202. The molecule has 5 rings (SSSR count). The first-order valence-corrected chi connectivity index (χ1v) is 13.8. The van der Waals surface area contributed by atoms with Crippen molar-refractivity contribution < 1.29 is 19.0 Å². The fourth-order valence-corrected chi connectivity index (χ4v) is 5.06. The maximum absolute atomic E-state index is 14.6. The van der Waals surface area contributed by atoms with Gasteiger partial charge < -0.3 is 9.84 Å². The normalized spacial score (nSPS) is 14.5. The van der Waals surface area contributed by atoms with E-state index in [2.05, 4.69) is 29.0 Å². The molecule has 0 aliphatic heterocycles. The van der Waals surface area contributed by atoms with Crippen LogP contribution in [0.2, 0.25) is 0 Å². The fraction of sp³-hybridized carbons (Fsp3) is 0.303. The van der Waals surface area contributed by atoms with E-state index in [-0.39, 0.29) is 0 Å². The largest absolute Gasteiger partial charge is 0.493 e. The predicted octanol–water partition coefficient (Wildman–Crippen LogP) is 7.69. The van der Waals surface area contributed by atoms with E-state index in [1.165, 1.54) is 0 Å². The minimum Gasteiger partial charge on any atom is -0.493 e. The number of halogens is 1. The van der Waals surface area contributed by atoms with Crippen molar-refractivity contribution in [2.75, 3.05) is 6.61 Å². The Balaban J connectivity index is 1.73. The highest BCUT2D eigenvalue weighted by Crippen LogP contribution is 2.47. The van der Waals surface area contributed by atoms with E-state index >= 15 is 0 Å². The van der Waals surface area contributed by atoms with Gasteiger partial charge in [0.05, 0.1) is 17.5 Å². The van der Waals surface area contributed by atoms with Gasteiger partial charge in [0.15, 0.2) is 0 Å². The summed E-state index contributed by atoms with van der Waals surface area (Å²) in [4.78, 5) is 15.7. The minimum absolute atomic E-state index is 0.295. The van der Waals surface area contributed by atoms with Crippen LogP contribution in [0.1, 0.15) is 67.5 Å². The molecule has 0 bridgehead atoms. The average molecular weight is 540 g/mol. The van der Waals surface area contributed by atoms with Crippen molar-refractivity contribution in [3.63, 3.8) is 0 Å². The standard InChI is InChI=1S/C33H34FN3O3/c1-20(2)15-16-40-29-17-21(3)35-19-27(29)32(23-5-4-6-23)31(24-10-7-22(8-11-24)9-14-30(38)39)25-12-13-28-26(18-25)33(34)37-36-28/h7-14,17-20,23H,4-6,15-16H2,1-3H3,(H,36,37)(H,38,39)/b14-9+,32-31+. The molecule has 1 aliphatic rings. The van der Waals surface area contributed by atoms with Crippen molar-refractivity contribution in [3.05, 3.63) is 94.7 Å². The van der Waals surface area contributed by atoms with E-state index in [0.29, 0.717) is 29.3 Å². The summed E-state index contributed by atoms with van der Waals surface area (Å²) in [5, 5.41) is 16.0. The van der Waals surface area contributed by atoms with E-state index in [1.807, 2.05) is 61.7 Å². The Bertz CT molecular complexity index is 1580. The summed E-state index contributed by atoms with van der Waals surface area (Å²) in [6.45, 7) is 6.94. The molecular weight excluding hydrogens is 505 g/mol. The van der Waals surface area contributed by atoms with Crippen molar-refractivity contribution in [2.24, 2.45) is 11.8 Å². The highest BCUT2D eigenvalue weighted by Gasteiger charge is 2.30. The van der Waals surface area contributed by atoms with Gasteiger partial charge in [0.2, 0.25) is 5.95 Å². The van der Waals surface area contributed by atoms with Gasteiger partial charge in [-0.25, -0.2) is 4.79 Å². The van der Waals surface area contributed by atoms with Crippen LogP contribution < -0.4 is 4.74 Å². The molecule has 7 heteroatoms. The van der Waals surface area contributed by atoms with Gasteiger partial charge in [-0.2, -0.15) is 9.49 Å². The second-order valence-electron chi connectivity index (χ2n) is 10.8. The number of rotatable bonds is 10. The maximum atomic E-state index is 14.6. The summed E-state index contributed by atoms with van der Waals surface area (Å²) in [5.74, 6) is 0.163. The van der Waals surface area contributed by atoms with Gasteiger partial charge in [-0.1, -0.05) is 50.6 Å². The first-order chi connectivity index (χ1) is 19.3. The van der Waals surface area contributed by atoms with Crippen LogP contribution in [0.15, 0.2) is 60.8 Å². The van der Waals surface area contributed by atoms with Crippen LogP contribution >= 0.6 is 0 Å². The monoisotopic (exact) mass is 539 g/mol. The molecule has 206 valence electrons. The summed E-state index contributed by atoms with van der Waals surface area (Å²) in [7, 11) is 0. The third-order valence-electron chi connectivity index (χ3n) is 7.44. The van der Waals surface area contributed by atoms with Crippen LogP contribution in [0.4, 0.5) is 4.39 Å². The number of aromatic nitrogens is 3. The molecule has 2 N–H and O–H groups in total. The minimum atomic E-state index is -0.996. The van der Waals surface area contributed by atoms with Crippen LogP contribution in [0.25, 0.3) is 28.1 Å². The number of carboxylic acids is 1. The van der Waals surface area contributed by atoms with Crippen molar-refractivity contribution in [1.82, 2.24) is 15.2 Å². The molecule has 0 radical (unpaired) electrons. The zero-order chi connectivity index (χ0) is 28.2. The van der Waals surface area contributed by atoms with E-state index in [1.54, 1.807) is 6.08 Å². The Morgan fingerprint density at radius 3 is 2.58 bits per heavy atom. The number of nitrogens with zero attached hydrogens (tertiary/aromatic N) is 2. The summed E-state index contributed by atoms with van der Waals surface area (Å²) in [6.07, 6.45) is 8.77. The zero-order valence-corrected chi connectivity index (χ0v) is 23.1. The Morgan fingerprint density at radius 1 is 1.15 bits per heavy atom. The van der Waals surface area contributed by atoms with Gasteiger partial charge in [0, 0.05) is 29.6 Å². The van der Waals surface area contributed by atoms with Crippen molar-refractivity contribution in [2.45, 2.75) is 46.5 Å². The molecule has 1 aliphatic carbocycles. The number of pyridine rings is 1. The summed E-state index contributed by atoms with van der Waals surface area (Å²) in [6, 6.07) is 15.5. The molecular formula is C33H34FN3O3. The lowest BCUT2D eigenvalue weighted by Gasteiger charge is -2.32. The smallest absolute Gasteiger partial charge is 0.328 e. The molecule has 0 amide bonds. The van der Waals surface area contributed by atoms with Crippen LogP contribution in [0, 0.1) is 24.7 Å². The fourth-order valence-electron chi connectivity index (χ4n) is 5.06. The number of nitrogens with one attached hydrogen (secondary N) is 1. The molecule has 0 unspecified atom stereocenters. The summed E-state index contributed by atoms with van der Waals surface area (Å²) < 4.78 is 21.0. The Hall–Kier alpha value is -4.26. The van der Waals surface area contributed by atoms with Gasteiger partial charge in [0.25, 0.3) is 0 Å². The highest BCUT2D eigenvalue weighted by molar-refractivity contribution is 6.02.